The predicted octanol–water partition coefficient (Wildman–Crippen LogP) is 3.54. The van der Waals surface area contributed by atoms with Gasteiger partial charge in [0.25, 0.3) is 0 Å². The number of morpholine rings is 1. The molecule has 0 bridgehead atoms. The summed E-state index contributed by atoms with van der Waals surface area (Å²) < 4.78 is 5.38. The Morgan fingerprint density at radius 1 is 1.13 bits per heavy atom. The molecule has 5 N–H and O–H groups in total. The fraction of sp³-hybridized carbons (Fsp3) is 0.267. The molecule has 3 rings (SSSR count). The van der Waals surface area contributed by atoms with E-state index in [4.69, 9.17) is 10.5 Å². The number of para-hydroxylation sites is 2. The fourth-order valence-corrected chi connectivity index (χ4v) is 3.73. The molecule has 8 heteroatoms. The highest BCUT2D eigenvalue weighted by Crippen LogP contribution is 2.16. The lowest BCUT2D eigenvalue weighted by Gasteiger charge is -2.27. The highest BCUT2D eigenvalue weighted by Gasteiger charge is 2.21. The Morgan fingerprint density at radius 3 is 2.42 bits per heavy atom. The van der Waals surface area contributed by atoms with Crippen molar-refractivity contribution < 1.29 is 14.3 Å². The van der Waals surface area contributed by atoms with Crippen molar-refractivity contribution in [1.29, 1.82) is 0 Å². The lowest BCUT2D eigenvalue weighted by molar-refractivity contribution is -0.122. The second-order valence-corrected chi connectivity index (χ2v) is 8.39. The molecular weight excluding hydrogens is 478 g/mol. The molecule has 1 aliphatic rings. The fourth-order valence-electron chi connectivity index (χ4n) is 3.73. The molecule has 1 atom stereocenters. The standard InChI is InChI=1S/C23H29N3O3.C7H10N2/c1-3-6-21(4-2)25-23(28)22(24-12-13-26-14-17-29-18-15-26)20-10-8-19(9-11-20)7-5-16-27;1-9-7-5-3-2-4-6(7)8/h3-11,16,22,24H,1-2,12-15,17-18H2,(H,25,28);2-5,9H,8H2,1H3/b7-5+,21-6+;. The van der Waals surface area contributed by atoms with Crippen molar-refractivity contribution in [3.63, 3.8) is 0 Å². The Hall–Kier alpha value is -3.98. The summed E-state index contributed by atoms with van der Waals surface area (Å²) in [6, 6.07) is 14.7. The summed E-state index contributed by atoms with van der Waals surface area (Å²) in [5, 5.41) is 9.21. The quantitative estimate of drug-likeness (QED) is 0.148. The number of nitrogens with zero attached hydrogens (tertiary/aromatic N) is 1. The van der Waals surface area contributed by atoms with Gasteiger partial charge in [0.2, 0.25) is 5.91 Å². The summed E-state index contributed by atoms with van der Waals surface area (Å²) in [6.45, 7) is 12.2. The minimum atomic E-state index is -0.520. The Balaban J connectivity index is 0.000000474. The number of anilines is 2. The van der Waals surface area contributed by atoms with Crippen LogP contribution in [0.15, 0.2) is 91.7 Å². The molecule has 0 aromatic heterocycles. The van der Waals surface area contributed by atoms with Crippen LogP contribution < -0.4 is 21.7 Å². The molecule has 1 aliphatic heterocycles. The number of carbonyl (C=O) groups is 2. The van der Waals surface area contributed by atoms with Crippen LogP contribution in [-0.2, 0) is 14.3 Å². The molecule has 0 aliphatic carbocycles. The number of aldehydes is 1. The molecule has 2 aromatic rings. The molecule has 1 amide bonds. The molecule has 202 valence electrons. The summed E-state index contributed by atoms with van der Waals surface area (Å²) in [7, 11) is 1.85. The molecule has 8 nitrogen and oxygen atoms in total. The second-order valence-electron chi connectivity index (χ2n) is 8.39. The third-order valence-electron chi connectivity index (χ3n) is 5.79. The third kappa shape index (κ3) is 10.6. The Morgan fingerprint density at radius 2 is 1.84 bits per heavy atom. The summed E-state index contributed by atoms with van der Waals surface area (Å²) in [5.74, 6) is -0.170. The Labute approximate surface area is 225 Å². The number of hydrogen-bond donors (Lipinski definition) is 4. The highest BCUT2D eigenvalue weighted by molar-refractivity contribution is 5.85. The molecule has 1 saturated heterocycles. The molecule has 1 fully saturated rings. The van der Waals surface area contributed by atoms with Gasteiger partial charge in [-0.2, -0.15) is 0 Å². The third-order valence-corrected chi connectivity index (χ3v) is 5.79. The van der Waals surface area contributed by atoms with E-state index < -0.39 is 6.04 Å². The van der Waals surface area contributed by atoms with E-state index >= 15 is 0 Å². The number of benzene rings is 2. The van der Waals surface area contributed by atoms with Crippen LogP contribution in [0.4, 0.5) is 11.4 Å². The van der Waals surface area contributed by atoms with Crippen LogP contribution in [0.3, 0.4) is 0 Å². The highest BCUT2D eigenvalue weighted by atomic mass is 16.5. The summed E-state index contributed by atoms with van der Waals surface area (Å²) in [4.78, 5) is 25.7. The van der Waals surface area contributed by atoms with Crippen LogP contribution in [-0.4, -0.2) is 63.5 Å². The number of rotatable bonds is 12. The van der Waals surface area contributed by atoms with Gasteiger partial charge in [-0.1, -0.05) is 61.7 Å². The summed E-state index contributed by atoms with van der Waals surface area (Å²) in [6.07, 6.45) is 8.78. The van der Waals surface area contributed by atoms with Crippen molar-refractivity contribution in [3.05, 3.63) is 103 Å². The van der Waals surface area contributed by atoms with Crippen LogP contribution in [0.1, 0.15) is 17.2 Å². The van der Waals surface area contributed by atoms with E-state index in [1.165, 1.54) is 6.08 Å². The van der Waals surface area contributed by atoms with Gasteiger partial charge < -0.3 is 26.4 Å². The van der Waals surface area contributed by atoms with Crippen molar-refractivity contribution in [1.82, 2.24) is 15.5 Å². The first-order valence-electron chi connectivity index (χ1n) is 12.6. The van der Waals surface area contributed by atoms with Gasteiger partial charge in [0.15, 0.2) is 0 Å². The maximum Gasteiger partial charge on any atom is 0.246 e. The van der Waals surface area contributed by atoms with Crippen molar-refractivity contribution in [3.8, 4) is 0 Å². The molecule has 1 heterocycles. The molecule has 0 spiro atoms. The zero-order chi connectivity index (χ0) is 27.6. The van der Waals surface area contributed by atoms with E-state index in [0.717, 1.165) is 61.6 Å². The monoisotopic (exact) mass is 517 g/mol. The van der Waals surface area contributed by atoms with Crippen LogP contribution in [0.5, 0.6) is 0 Å². The topological polar surface area (TPSA) is 109 Å². The van der Waals surface area contributed by atoms with Gasteiger partial charge in [-0.05, 0) is 41.5 Å². The Kier molecular flexibility index (Phi) is 13.9. The second kappa shape index (κ2) is 17.5. The van der Waals surface area contributed by atoms with Gasteiger partial charge in [-0.3, -0.25) is 14.5 Å². The zero-order valence-corrected chi connectivity index (χ0v) is 22.1. The largest absolute Gasteiger partial charge is 0.397 e. The number of nitrogens with one attached hydrogen (secondary N) is 3. The van der Waals surface area contributed by atoms with Crippen LogP contribution >= 0.6 is 0 Å². The average molecular weight is 518 g/mol. The van der Waals surface area contributed by atoms with Crippen LogP contribution in [0, 0.1) is 0 Å². The minimum Gasteiger partial charge on any atom is -0.397 e. The predicted molar refractivity (Wildman–Crippen MR) is 157 cm³/mol. The number of nitrogens with two attached hydrogens (primary N) is 1. The van der Waals surface area contributed by atoms with Gasteiger partial charge in [0.05, 0.1) is 24.6 Å². The van der Waals surface area contributed by atoms with E-state index in [9.17, 15) is 9.59 Å². The van der Waals surface area contributed by atoms with Gasteiger partial charge >= 0.3 is 0 Å². The average Bonchev–Trinajstić information content (AvgIpc) is 2.95. The first kappa shape index (κ1) is 30.2. The normalized spacial score (nSPS) is 14.6. The molecule has 0 radical (unpaired) electrons. The van der Waals surface area contributed by atoms with Gasteiger partial charge in [-0.25, -0.2) is 0 Å². The van der Waals surface area contributed by atoms with Gasteiger partial charge in [0, 0.05) is 38.9 Å². The summed E-state index contributed by atoms with van der Waals surface area (Å²) >= 11 is 0. The van der Waals surface area contributed by atoms with Crippen LogP contribution in [0.25, 0.3) is 6.08 Å². The number of allylic oxidation sites excluding steroid dienone is 4. The molecule has 0 saturated carbocycles. The molecule has 2 aromatic carbocycles. The number of carbonyl (C=O) groups excluding carboxylic acids is 2. The SMILES string of the molecule is C=C/C=C(\C=C)NC(=O)C(NCCN1CCOCC1)c1ccc(/C=C/C=O)cc1.CNc1ccccc1N. The lowest BCUT2D eigenvalue weighted by Crippen LogP contribution is -2.43. The zero-order valence-electron chi connectivity index (χ0n) is 22.1. The van der Waals surface area contributed by atoms with E-state index in [0.29, 0.717) is 12.2 Å². The summed E-state index contributed by atoms with van der Waals surface area (Å²) in [5.41, 5.74) is 9.67. The van der Waals surface area contributed by atoms with E-state index in [1.54, 1.807) is 24.3 Å². The number of amides is 1. The van der Waals surface area contributed by atoms with Crippen molar-refractivity contribution >= 4 is 29.6 Å². The maximum absolute atomic E-state index is 12.9. The first-order valence-corrected chi connectivity index (χ1v) is 12.6. The van der Waals surface area contributed by atoms with Gasteiger partial charge in [-0.15, -0.1) is 0 Å². The van der Waals surface area contributed by atoms with Crippen LogP contribution in [0.2, 0.25) is 0 Å². The molecule has 1 unspecified atom stereocenters. The van der Waals surface area contributed by atoms with E-state index in [2.05, 4.69) is 34.0 Å². The number of nitrogen functional groups attached to an aromatic ring is 1. The Bertz CT molecular complexity index is 1090. The minimum absolute atomic E-state index is 0.170. The van der Waals surface area contributed by atoms with Gasteiger partial charge in [0.1, 0.15) is 12.3 Å². The lowest BCUT2D eigenvalue weighted by atomic mass is 10.0. The van der Waals surface area contributed by atoms with Crippen molar-refractivity contribution in [2.24, 2.45) is 0 Å². The smallest absolute Gasteiger partial charge is 0.246 e. The number of ether oxygens (including phenoxy) is 1. The number of hydrogen-bond acceptors (Lipinski definition) is 7. The molecular formula is C30H39N5O3. The maximum atomic E-state index is 12.9. The van der Waals surface area contributed by atoms with E-state index in [-0.39, 0.29) is 5.91 Å². The first-order chi connectivity index (χ1) is 18.5. The van der Waals surface area contributed by atoms with Crippen molar-refractivity contribution in [2.45, 2.75) is 6.04 Å². The molecule has 38 heavy (non-hydrogen) atoms. The van der Waals surface area contributed by atoms with Crippen molar-refractivity contribution in [2.75, 3.05) is 57.5 Å². The van der Waals surface area contributed by atoms with E-state index in [1.807, 2.05) is 55.6 Å².